The highest BCUT2D eigenvalue weighted by atomic mass is 16.6. The lowest BCUT2D eigenvalue weighted by atomic mass is 10.1. The van der Waals surface area contributed by atoms with Gasteiger partial charge in [0.2, 0.25) is 5.91 Å². The van der Waals surface area contributed by atoms with Crippen LogP contribution in [0, 0.1) is 21.4 Å². The van der Waals surface area contributed by atoms with Gasteiger partial charge in [0.05, 0.1) is 22.7 Å². The number of non-ortho nitro benzene ring substituents is 1. The Balaban J connectivity index is 1.91. The number of carbonyl (C=O) groups is 1. The summed E-state index contributed by atoms with van der Waals surface area (Å²) >= 11 is 0. The molecule has 8 heteroatoms. The fraction of sp³-hybridized carbons (Fsp3) is 0.529. The number of nitrogens with one attached hydrogen (secondary N) is 1. The van der Waals surface area contributed by atoms with Gasteiger partial charge in [-0.05, 0) is 12.5 Å². The zero-order valence-electron chi connectivity index (χ0n) is 14.4. The first kappa shape index (κ1) is 18.7. The second-order valence-electron chi connectivity index (χ2n) is 6.04. The number of nitrogens with zero attached hydrogens (tertiary/aromatic N) is 4. The van der Waals surface area contributed by atoms with Crippen LogP contribution in [0.25, 0.3) is 0 Å². The molecule has 134 valence electrons. The first-order chi connectivity index (χ1) is 12.0. The van der Waals surface area contributed by atoms with E-state index in [1.54, 1.807) is 6.07 Å². The number of nitro benzene ring substituents is 1. The maximum absolute atomic E-state index is 11.9. The Morgan fingerprint density at radius 2 is 2.08 bits per heavy atom. The van der Waals surface area contributed by atoms with Crippen LogP contribution in [0.1, 0.15) is 25.3 Å². The van der Waals surface area contributed by atoms with E-state index in [1.807, 2.05) is 11.0 Å². The summed E-state index contributed by atoms with van der Waals surface area (Å²) in [6.45, 7) is 5.95. The van der Waals surface area contributed by atoms with Crippen molar-refractivity contribution >= 4 is 17.3 Å². The molecule has 1 N–H and O–H groups in total. The van der Waals surface area contributed by atoms with Crippen molar-refractivity contribution in [1.82, 2.24) is 10.2 Å². The van der Waals surface area contributed by atoms with Gasteiger partial charge < -0.3 is 10.2 Å². The Kier molecular flexibility index (Phi) is 6.71. The number of anilines is 1. The topological polar surface area (TPSA) is 103 Å². The number of benzene rings is 1. The van der Waals surface area contributed by atoms with Crippen LogP contribution in [-0.2, 0) is 4.79 Å². The molecule has 8 nitrogen and oxygen atoms in total. The van der Waals surface area contributed by atoms with Crippen molar-refractivity contribution in [1.29, 1.82) is 5.26 Å². The smallest absolute Gasteiger partial charge is 0.270 e. The minimum absolute atomic E-state index is 0.0370. The van der Waals surface area contributed by atoms with Gasteiger partial charge in [-0.15, -0.1) is 0 Å². The van der Waals surface area contributed by atoms with Crippen molar-refractivity contribution in [3.8, 4) is 6.07 Å². The molecule has 1 aromatic rings. The third-order valence-electron chi connectivity index (χ3n) is 4.24. The van der Waals surface area contributed by atoms with Gasteiger partial charge in [0, 0.05) is 44.9 Å². The molecule has 1 aliphatic heterocycles. The summed E-state index contributed by atoms with van der Waals surface area (Å²) in [4.78, 5) is 26.3. The van der Waals surface area contributed by atoms with E-state index in [4.69, 9.17) is 0 Å². The number of hydrogen-bond acceptors (Lipinski definition) is 6. The van der Waals surface area contributed by atoms with Crippen molar-refractivity contribution < 1.29 is 9.72 Å². The normalized spacial score (nSPS) is 14.8. The van der Waals surface area contributed by atoms with Crippen LogP contribution in [0.4, 0.5) is 11.4 Å². The van der Waals surface area contributed by atoms with E-state index < -0.39 is 4.92 Å². The number of hydrogen-bond donors (Lipinski definition) is 1. The summed E-state index contributed by atoms with van der Waals surface area (Å²) in [7, 11) is 0. The molecular weight excluding hydrogens is 322 g/mol. The van der Waals surface area contributed by atoms with E-state index in [1.165, 1.54) is 12.1 Å². The predicted molar refractivity (Wildman–Crippen MR) is 94.4 cm³/mol. The Morgan fingerprint density at radius 1 is 1.36 bits per heavy atom. The largest absolute Gasteiger partial charge is 0.368 e. The number of nitriles is 1. The van der Waals surface area contributed by atoms with Crippen LogP contribution in [0.2, 0.25) is 0 Å². The molecule has 0 bridgehead atoms. The molecule has 2 rings (SSSR count). The molecule has 0 atom stereocenters. The average molecular weight is 345 g/mol. The highest BCUT2D eigenvalue weighted by Gasteiger charge is 2.22. The number of carbonyl (C=O) groups excluding carboxylic acids is 1. The van der Waals surface area contributed by atoms with Crippen molar-refractivity contribution in [3.05, 3.63) is 33.9 Å². The molecule has 0 spiro atoms. The van der Waals surface area contributed by atoms with E-state index in [-0.39, 0.29) is 11.6 Å². The maximum Gasteiger partial charge on any atom is 0.270 e. The first-order valence-electron chi connectivity index (χ1n) is 8.47. The van der Waals surface area contributed by atoms with Crippen LogP contribution >= 0.6 is 0 Å². The monoisotopic (exact) mass is 345 g/mol. The van der Waals surface area contributed by atoms with Crippen molar-refractivity contribution in [2.24, 2.45) is 0 Å². The first-order valence-corrected chi connectivity index (χ1v) is 8.47. The molecule has 25 heavy (non-hydrogen) atoms. The van der Waals surface area contributed by atoms with Crippen molar-refractivity contribution in [2.75, 3.05) is 44.2 Å². The Bertz CT molecular complexity index is 663. The summed E-state index contributed by atoms with van der Waals surface area (Å²) in [5, 5.41) is 23.0. The minimum Gasteiger partial charge on any atom is -0.368 e. The number of unbranched alkanes of at least 4 members (excludes halogenated alkanes) is 1. The summed E-state index contributed by atoms with van der Waals surface area (Å²) in [5.41, 5.74) is 0.933. The van der Waals surface area contributed by atoms with E-state index in [9.17, 15) is 20.2 Å². The van der Waals surface area contributed by atoms with Gasteiger partial charge in [-0.3, -0.25) is 19.8 Å². The van der Waals surface area contributed by atoms with Gasteiger partial charge in [-0.25, -0.2) is 0 Å². The number of rotatable bonds is 7. The molecular formula is C17H23N5O3. The van der Waals surface area contributed by atoms with E-state index >= 15 is 0 Å². The van der Waals surface area contributed by atoms with E-state index in [0.29, 0.717) is 50.5 Å². The van der Waals surface area contributed by atoms with Crippen LogP contribution in [0.5, 0.6) is 0 Å². The Morgan fingerprint density at radius 3 is 2.68 bits per heavy atom. The van der Waals surface area contributed by atoms with Crippen LogP contribution in [-0.4, -0.2) is 55.0 Å². The molecule has 0 saturated carbocycles. The van der Waals surface area contributed by atoms with Crippen molar-refractivity contribution in [3.63, 3.8) is 0 Å². The van der Waals surface area contributed by atoms with Gasteiger partial charge in [0.15, 0.2) is 0 Å². The highest BCUT2D eigenvalue weighted by Crippen LogP contribution is 2.25. The quantitative estimate of drug-likeness (QED) is 0.456. The number of nitro groups is 1. The van der Waals surface area contributed by atoms with Crippen LogP contribution in [0.15, 0.2) is 18.2 Å². The van der Waals surface area contributed by atoms with Gasteiger partial charge in [-0.2, -0.15) is 5.26 Å². The van der Waals surface area contributed by atoms with E-state index in [2.05, 4.69) is 17.1 Å². The molecule has 1 amide bonds. The zero-order chi connectivity index (χ0) is 18.2. The maximum atomic E-state index is 11.9. The molecule has 1 aliphatic rings. The molecule has 0 radical (unpaired) electrons. The summed E-state index contributed by atoms with van der Waals surface area (Å²) < 4.78 is 0. The SMILES string of the molecule is CCCCNC(=O)CN1CCN(c2ccc([N+](=O)[O-])cc2C#N)CC1. The predicted octanol–water partition coefficient (Wildman–Crippen LogP) is 1.50. The Labute approximate surface area is 147 Å². The molecule has 0 aliphatic carbocycles. The van der Waals surface area contributed by atoms with Gasteiger partial charge in [-0.1, -0.05) is 13.3 Å². The third kappa shape index (κ3) is 5.16. The summed E-state index contributed by atoms with van der Waals surface area (Å²) in [5.74, 6) is 0.0370. The highest BCUT2D eigenvalue weighted by molar-refractivity contribution is 5.78. The summed E-state index contributed by atoms with van der Waals surface area (Å²) in [6.07, 6.45) is 2.03. The van der Waals surface area contributed by atoms with Crippen LogP contribution in [0.3, 0.4) is 0 Å². The second-order valence-corrected chi connectivity index (χ2v) is 6.04. The number of amides is 1. The lowest BCUT2D eigenvalue weighted by Crippen LogP contribution is -2.49. The fourth-order valence-corrected chi connectivity index (χ4v) is 2.81. The van der Waals surface area contributed by atoms with E-state index in [0.717, 1.165) is 12.8 Å². The van der Waals surface area contributed by atoms with Crippen LogP contribution < -0.4 is 10.2 Å². The van der Waals surface area contributed by atoms with Gasteiger partial charge in [0.25, 0.3) is 5.69 Å². The molecule has 0 aromatic heterocycles. The molecule has 0 unspecified atom stereocenters. The molecule has 1 heterocycles. The molecule has 1 aromatic carbocycles. The Hall–Kier alpha value is -2.66. The average Bonchev–Trinajstić information content (AvgIpc) is 2.62. The third-order valence-corrected chi connectivity index (χ3v) is 4.24. The lowest BCUT2D eigenvalue weighted by Gasteiger charge is -2.36. The standard InChI is InChI=1S/C17H23N5O3/c1-2-3-6-19-17(23)13-20-7-9-21(10-8-20)16-5-4-15(22(24)25)11-14(16)12-18/h4-5,11H,2-3,6-10,13H2,1H3,(H,19,23). The van der Waals surface area contributed by atoms with Crippen molar-refractivity contribution in [2.45, 2.75) is 19.8 Å². The zero-order valence-corrected chi connectivity index (χ0v) is 14.4. The summed E-state index contributed by atoms with van der Waals surface area (Å²) in [6, 6.07) is 6.39. The lowest BCUT2D eigenvalue weighted by molar-refractivity contribution is -0.384. The molecule has 1 fully saturated rings. The second kappa shape index (κ2) is 8.99. The fourth-order valence-electron chi connectivity index (χ4n) is 2.81. The van der Waals surface area contributed by atoms with Gasteiger partial charge >= 0.3 is 0 Å². The minimum atomic E-state index is -0.500. The number of piperazine rings is 1. The van der Waals surface area contributed by atoms with Gasteiger partial charge in [0.1, 0.15) is 6.07 Å². The molecule has 1 saturated heterocycles.